The van der Waals surface area contributed by atoms with E-state index >= 15 is 0 Å². The van der Waals surface area contributed by atoms with E-state index in [1.54, 1.807) is 0 Å². The fraction of sp³-hybridized carbons (Fsp3) is 0.333. The van der Waals surface area contributed by atoms with Crippen LogP contribution >= 0.6 is 0 Å². The molecule has 1 aromatic heterocycles. The Labute approximate surface area is 123 Å². The van der Waals surface area contributed by atoms with Crippen molar-refractivity contribution in [3.8, 4) is 0 Å². The summed E-state index contributed by atoms with van der Waals surface area (Å²) in [6.45, 7) is 0.749. The third-order valence-corrected chi connectivity index (χ3v) is 4.31. The lowest BCUT2D eigenvalue weighted by Gasteiger charge is -2.27. The second-order valence-electron chi connectivity index (χ2n) is 5.70. The van der Waals surface area contributed by atoms with Gasteiger partial charge >= 0.3 is 0 Å². The first-order chi connectivity index (χ1) is 10.3. The maximum Gasteiger partial charge on any atom is 0.135 e. The van der Waals surface area contributed by atoms with Gasteiger partial charge in [0.2, 0.25) is 0 Å². The van der Waals surface area contributed by atoms with Crippen molar-refractivity contribution >= 4 is 21.9 Å². The first-order valence-electron chi connectivity index (χ1n) is 7.54. The van der Waals surface area contributed by atoms with Gasteiger partial charge in [0.05, 0.1) is 6.10 Å². The Hall–Kier alpha value is -1.84. The third-order valence-electron chi connectivity index (χ3n) is 4.31. The molecule has 1 N–H and O–H groups in total. The Morgan fingerprint density at radius 2 is 1.86 bits per heavy atom. The molecule has 0 bridgehead atoms. The van der Waals surface area contributed by atoms with Gasteiger partial charge in [0, 0.05) is 17.4 Å². The molecular weight excluding hydrogens is 264 g/mol. The SMILES string of the molecule is OC(c1ccc2oc3ccccc3c2c1)C1CCCCO1. The number of para-hydroxylation sites is 1. The minimum atomic E-state index is -0.566. The van der Waals surface area contributed by atoms with E-state index in [1.165, 1.54) is 0 Å². The molecule has 3 aromatic rings. The second kappa shape index (κ2) is 5.17. The monoisotopic (exact) mass is 282 g/mol. The molecule has 0 saturated carbocycles. The van der Waals surface area contributed by atoms with E-state index in [9.17, 15) is 5.11 Å². The van der Waals surface area contributed by atoms with Crippen molar-refractivity contribution < 1.29 is 14.3 Å². The number of aliphatic hydroxyl groups is 1. The summed E-state index contributed by atoms with van der Waals surface area (Å²) in [6.07, 6.45) is 2.48. The molecule has 0 amide bonds. The van der Waals surface area contributed by atoms with Crippen LogP contribution in [0.2, 0.25) is 0 Å². The fourth-order valence-electron chi connectivity index (χ4n) is 3.16. The minimum absolute atomic E-state index is 0.0886. The Bertz CT molecular complexity index is 768. The number of fused-ring (bicyclic) bond motifs is 3. The van der Waals surface area contributed by atoms with Crippen LogP contribution in [0.4, 0.5) is 0 Å². The molecule has 1 aliphatic heterocycles. The summed E-state index contributed by atoms with van der Waals surface area (Å²) in [5.74, 6) is 0. The average Bonchev–Trinajstić information content (AvgIpc) is 2.93. The molecule has 0 aliphatic carbocycles. The molecule has 1 saturated heterocycles. The third kappa shape index (κ3) is 2.23. The predicted molar refractivity (Wildman–Crippen MR) is 82.3 cm³/mol. The van der Waals surface area contributed by atoms with Crippen LogP contribution in [-0.2, 0) is 4.74 Å². The Morgan fingerprint density at radius 1 is 1.00 bits per heavy atom. The van der Waals surface area contributed by atoms with E-state index in [2.05, 4.69) is 6.07 Å². The van der Waals surface area contributed by atoms with E-state index < -0.39 is 6.10 Å². The second-order valence-corrected chi connectivity index (χ2v) is 5.70. The van der Waals surface area contributed by atoms with E-state index in [0.717, 1.165) is 53.4 Å². The van der Waals surface area contributed by atoms with Crippen molar-refractivity contribution in [2.45, 2.75) is 31.5 Å². The maximum absolute atomic E-state index is 10.6. The average molecular weight is 282 g/mol. The molecule has 0 radical (unpaired) electrons. The van der Waals surface area contributed by atoms with Gasteiger partial charge < -0.3 is 14.3 Å². The molecular formula is C18H18O3. The van der Waals surface area contributed by atoms with Crippen LogP contribution in [0.5, 0.6) is 0 Å². The maximum atomic E-state index is 10.6. The molecule has 2 unspecified atom stereocenters. The van der Waals surface area contributed by atoms with Crippen molar-refractivity contribution in [3.05, 3.63) is 48.0 Å². The molecule has 1 aliphatic rings. The Morgan fingerprint density at radius 3 is 2.71 bits per heavy atom. The summed E-state index contributed by atoms with van der Waals surface area (Å²) in [5, 5.41) is 12.7. The number of ether oxygens (including phenoxy) is 1. The van der Waals surface area contributed by atoms with Gasteiger partial charge in [-0.3, -0.25) is 0 Å². The quantitative estimate of drug-likeness (QED) is 0.766. The highest BCUT2D eigenvalue weighted by atomic mass is 16.5. The molecule has 4 rings (SSSR count). The van der Waals surface area contributed by atoms with Crippen molar-refractivity contribution in [3.63, 3.8) is 0 Å². The molecule has 3 heteroatoms. The summed E-state index contributed by atoms with van der Waals surface area (Å²) in [6, 6.07) is 13.9. The lowest BCUT2D eigenvalue weighted by atomic mass is 9.97. The molecule has 2 aromatic carbocycles. The number of hydrogen-bond donors (Lipinski definition) is 1. The normalized spacial score (nSPS) is 20.9. The Kier molecular flexibility index (Phi) is 3.17. The van der Waals surface area contributed by atoms with Crippen LogP contribution < -0.4 is 0 Å². The van der Waals surface area contributed by atoms with E-state index in [4.69, 9.17) is 9.15 Å². The highest BCUT2D eigenvalue weighted by Gasteiger charge is 2.24. The summed E-state index contributed by atoms with van der Waals surface area (Å²) < 4.78 is 11.5. The lowest BCUT2D eigenvalue weighted by Crippen LogP contribution is -2.26. The highest BCUT2D eigenvalue weighted by Crippen LogP contribution is 2.33. The largest absolute Gasteiger partial charge is 0.456 e. The van der Waals surface area contributed by atoms with Gasteiger partial charge in [-0.2, -0.15) is 0 Å². The standard InChI is InChI=1S/C18H18O3/c19-18(17-7-3-4-10-20-17)12-8-9-16-14(11-12)13-5-1-2-6-15(13)21-16/h1-2,5-6,8-9,11,17-19H,3-4,7,10H2. The van der Waals surface area contributed by atoms with Crippen molar-refractivity contribution in [1.29, 1.82) is 0 Å². The van der Waals surface area contributed by atoms with Gasteiger partial charge in [-0.1, -0.05) is 24.3 Å². The molecule has 2 atom stereocenters. The smallest absolute Gasteiger partial charge is 0.135 e. The predicted octanol–water partition coefficient (Wildman–Crippen LogP) is 4.19. The van der Waals surface area contributed by atoms with Crippen LogP contribution in [0.1, 0.15) is 30.9 Å². The number of furan rings is 1. The fourth-order valence-corrected chi connectivity index (χ4v) is 3.16. The molecule has 2 heterocycles. The van der Waals surface area contributed by atoms with Gasteiger partial charge in [-0.25, -0.2) is 0 Å². The van der Waals surface area contributed by atoms with Crippen LogP contribution in [0, 0.1) is 0 Å². The lowest BCUT2D eigenvalue weighted by molar-refractivity contribution is -0.0632. The summed E-state index contributed by atoms with van der Waals surface area (Å²) >= 11 is 0. The first-order valence-corrected chi connectivity index (χ1v) is 7.54. The van der Waals surface area contributed by atoms with Crippen molar-refractivity contribution in [2.24, 2.45) is 0 Å². The van der Waals surface area contributed by atoms with E-state index in [1.807, 2.05) is 36.4 Å². The van der Waals surface area contributed by atoms with Crippen molar-refractivity contribution in [2.75, 3.05) is 6.61 Å². The molecule has 0 spiro atoms. The first kappa shape index (κ1) is 12.9. The number of hydrogen-bond acceptors (Lipinski definition) is 3. The highest BCUT2D eigenvalue weighted by molar-refractivity contribution is 6.04. The molecule has 21 heavy (non-hydrogen) atoms. The van der Waals surface area contributed by atoms with Crippen molar-refractivity contribution in [1.82, 2.24) is 0 Å². The van der Waals surface area contributed by atoms with Crippen LogP contribution in [0.3, 0.4) is 0 Å². The summed E-state index contributed by atoms with van der Waals surface area (Å²) in [4.78, 5) is 0. The Balaban J connectivity index is 1.76. The van der Waals surface area contributed by atoms with Gasteiger partial charge in [0.1, 0.15) is 17.3 Å². The van der Waals surface area contributed by atoms with Gasteiger partial charge in [-0.15, -0.1) is 0 Å². The minimum Gasteiger partial charge on any atom is -0.456 e. The molecule has 1 fully saturated rings. The van der Waals surface area contributed by atoms with E-state index in [0.29, 0.717) is 0 Å². The van der Waals surface area contributed by atoms with Gasteiger partial charge in [-0.05, 0) is 43.0 Å². The number of aliphatic hydroxyl groups excluding tert-OH is 1. The van der Waals surface area contributed by atoms with E-state index in [-0.39, 0.29) is 6.10 Å². The molecule has 3 nitrogen and oxygen atoms in total. The number of rotatable bonds is 2. The zero-order chi connectivity index (χ0) is 14.2. The van der Waals surface area contributed by atoms with Crippen LogP contribution in [0.15, 0.2) is 46.9 Å². The zero-order valence-corrected chi connectivity index (χ0v) is 11.8. The van der Waals surface area contributed by atoms with Crippen LogP contribution in [-0.4, -0.2) is 17.8 Å². The van der Waals surface area contributed by atoms with Gasteiger partial charge in [0.25, 0.3) is 0 Å². The number of benzene rings is 2. The summed E-state index contributed by atoms with van der Waals surface area (Å²) in [7, 11) is 0. The zero-order valence-electron chi connectivity index (χ0n) is 11.8. The van der Waals surface area contributed by atoms with Crippen LogP contribution in [0.25, 0.3) is 21.9 Å². The van der Waals surface area contributed by atoms with Gasteiger partial charge in [0.15, 0.2) is 0 Å². The molecule has 108 valence electrons. The topological polar surface area (TPSA) is 42.6 Å². The summed E-state index contributed by atoms with van der Waals surface area (Å²) in [5.41, 5.74) is 2.64.